The number of nitrogen functional groups attached to an aromatic ring is 1. The number of nitrogens with one attached hydrogen (secondary N) is 1. The van der Waals surface area contributed by atoms with Gasteiger partial charge < -0.3 is 11.1 Å². The third-order valence-corrected chi connectivity index (χ3v) is 5.59. The number of benzene rings is 2. The fraction of sp³-hybridized carbons (Fsp3) is 0.148. The van der Waals surface area contributed by atoms with E-state index in [9.17, 15) is 0 Å². The SMILES string of the molecule is CCc1cc(/C=C/C#N)cc(CC)c1-c1cccc2c(N)nc(Nc3ccc(C#N)cn3)nc12. The fourth-order valence-corrected chi connectivity index (χ4v) is 4.01. The lowest BCUT2D eigenvalue weighted by Crippen LogP contribution is -2.04. The van der Waals surface area contributed by atoms with E-state index in [1.165, 1.54) is 23.4 Å². The number of aryl methyl sites for hydroxylation is 2. The Morgan fingerprint density at radius 2 is 1.79 bits per heavy atom. The van der Waals surface area contributed by atoms with Crippen molar-refractivity contribution in [2.75, 3.05) is 11.1 Å². The quantitative estimate of drug-likeness (QED) is 0.373. The van der Waals surface area contributed by atoms with E-state index in [1.54, 1.807) is 12.1 Å². The van der Waals surface area contributed by atoms with Gasteiger partial charge in [0.1, 0.15) is 17.7 Å². The van der Waals surface area contributed by atoms with Crippen LogP contribution in [-0.2, 0) is 12.8 Å². The van der Waals surface area contributed by atoms with Gasteiger partial charge in [-0.15, -0.1) is 0 Å². The minimum absolute atomic E-state index is 0.333. The summed E-state index contributed by atoms with van der Waals surface area (Å²) in [5.74, 6) is 1.22. The first-order chi connectivity index (χ1) is 16.6. The first-order valence-electron chi connectivity index (χ1n) is 11.0. The van der Waals surface area contributed by atoms with Crippen LogP contribution in [0.2, 0.25) is 0 Å². The molecule has 34 heavy (non-hydrogen) atoms. The van der Waals surface area contributed by atoms with Gasteiger partial charge in [-0.2, -0.15) is 15.5 Å². The number of anilines is 3. The first kappa shape index (κ1) is 22.4. The van der Waals surface area contributed by atoms with E-state index in [-0.39, 0.29) is 0 Å². The van der Waals surface area contributed by atoms with Crippen LogP contribution >= 0.6 is 0 Å². The zero-order valence-corrected chi connectivity index (χ0v) is 19.0. The van der Waals surface area contributed by atoms with Crippen molar-refractivity contribution in [3.05, 3.63) is 77.0 Å². The number of hydrogen-bond acceptors (Lipinski definition) is 7. The van der Waals surface area contributed by atoms with Gasteiger partial charge in [0.25, 0.3) is 0 Å². The summed E-state index contributed by atoms with van der Waals surface area (Å²) in [5, 5.41) is 21.8. The molecular weight excluding hydrogens is 422 g/mol. The number of nitriles is 2. The van der Waals surface area contributed by atoms with Crippen molar-refractivity contribution >= 4 is 34.6 Å². The Morgan fingerprint density at radius 1 is 1.03 bits per heavy atom. The third kappa shape index (κ3) is 4.41. The van der Waals surface area contributed by atoms with Crippen molar-refractivity contribution in [3.63, 3.8) is 0 Å². The molecule has 0 radical (unpaired) electrons. The van der Waals surface area contributed by atoms with Gasteiger partial charge >= 0.3 is 0 Å². The molecule has 0 spiro atoms. The molecule has 0 aliphatic rings. The second-order valence-electron chi connectivity index (χ2n) is 7.69. The van der Waals surface area contributed by atoms with E-state index in [2.05, 4.69) is 59.5 Å². The Morgan fingerprint density at radius 3 is 2.41 bits per heavy atom. The Kier molecular flexibility index (Phi) is 6.47. The number of nitrogens with zero attached hydrogens (tertiary/aromatic N) is 5. The Hall–Kier alpha value is -4.75. The van der Waals surface area contributed by atoms with E-state index in [0.29, 0.717) is 23.1 Å². The molecule has 2 aromatic heterocycles. The number of aromatic nitrogens is 3. The molecule has 0 bridgehead atoms. The molecule has 166 valence electrons. The number of rotatable bonds is 6. The maximum atomic E-state index is 8.99. The van der Waals surface area contributed by atoms with Crippen LogP contribution in [0.15, 0.2) is 54.7 Å². The van der Waals surface area contributed by atoms with Crippen molar-refractivity contribution in [3.8, 4) is 23.3 Å². The zero-order valence-electron chi connectivity index (χ0n) is 19.0. The molecule has 4 aromatic rings. The van der Waals surface area contributed by atoms with Gasteiger partial charge in [-0.3, -0.25) is 0 Å². The van der Waals surface area contributed by atoms with E-state index >= 15 is 0 Å². The molecule has 0 fully saturated rings. The second-order valence-corrected chi connectivity index (χ2v) is 7.69. The lowest BCUT2D eigenvalue weighted by Gasteiger charge is -2.17. The Balaban J connectivity index is 1.89. The highest BCUT2D eigenvalue weighted by atomic mass is 15.2. The molecular formula is C27H23N7. The summed E-state index contributed by atoms with van der Waals surface area (Å²) in [5.41, 5.74) is 13.0. The van der Waals surface area contributed by atoms with Crippen LogP contribution in [0, 0.1) is 22.7 Å². The van der Waals surface area contributed by atoms with Crippen LogP contribution in [0.5, 0.6) is 0 Å². The number of allylic oxidation sites excluding steroid dienone is 1. The van der Waals surface area contributed by atoms with E-state index in [1.807, 2.05) is 18.2 Å². The van der Waals surface area contributed by atoms with Crippen LogP contribution in [0.1, 0.15) is 36.1 Å². The standard InChI is InChI=1S/C27H23N7/c1-3-19-13-17(7-6-12-28)14-20(4-2)24(19)21-8-5-9-22-25(21)33-27(34-26(22)30)32-23-11-10-18(15-29)16-31-23/h5-11,13-14,16H,3-4H2,1-2H3,(H3,30,31,32,33,34)/b7-6+. The zero-order chi connectivity index (χ0) is 24.1. The van der Waals surface area contributed by atoms with Crippen LogP contribution in [-0.4, -0.2) is 15.0 Å². The van der Waals surface area contributed by atoms with E-state index in [4.69, 9.17) is 21.2 Å². The number of hydrogen-bond donors (Lipinski definition) is 2. The van der Waals surface area contributed by atoms with Gasteiger partial charge in [0.15, 0.2) is 0 Å². The molecule has 0 saturated heterocycles. The molecule has 0 unspecified atom stereocenters. The van der Waals surface area contributed by atoms with Gasteiger partial charge in [-0.25, -0.2) is 9.97 Å². The fourth-order valence-electron chi connectivity index (χ4n) is 4.01. The molecule has 0 amide bonds. The molecule has 0 aliphatic heterocycles. The van der Waals surface area contributed by atoms with Crippen molar-refractivity contribution in [2.45, 2.75) is 26.7 Å². The highest BCUT2D eigenvalue weighted by Gasteiger charge is 2.16. The third-order valence-electron chi connectivity index (χ3n) is 5.59. The molecule has 2 aromatic carbocycles. The summed E-state index contributed by atoms with van der Waals surface area (Å²) in [7, 11) is 0. The monoisotopic (exact) mass is 445 g/mol. The predicted octanol–water partition coefficient (Wildman–Crippen LogP) is 5.55. The molecule has 2 heterocycles. The van der Waals surface area contributed by atoms with Gasteiger partial charge in [0.2, 0.25) is 5.95 Å². The summed E-state index contributed by atoms with van der Waals surface area (Å²) in [4.78, 5) is 13.5. The molecule has 4 rings (SSSR count). The number of fused-ring (bicyclic) bond motifs is 1. The summed E-state index contributed by atoms with van der Waals surface area (Å²) in [6.07, 6.45) is 6.47. The lowest BCUT2D eigenvalue weighted by atomic mass is 9.88. The summed E-state index contributed by atoms with van der Waals surface area (Å²) in [6, 6.07) is 17.7. The first-order valence-corrected chi connectivity index (χ1v) is 11.0. The van der Waals surface area contributed by atoms with Crippen LogP contribution in [0.4, 0.5) is 17.6 Å². The average Bonchev–Trinajstić information content (AvgIpc) is 2.87. The Labute approximate surface area is 198 Å². The highest BCUT2D eigenvalue weighted by Crippen LogP contribution is 2.36. The number of para-hydroxylation sites is 1. The van der Waals surface area contributed by atoms with Crippen LogP contribution in [0.3, 0.4) is 0 Å². The van der Waals surface area contributed by atoms with Gasteiger partial charge in [-0.05, 0) is 59.4 Å². The minimum atomic E-state index is 0.333. The molecule has 0 aliphatic carbocycles. The van der Waals surface area contributed by atoms with Crippen LogP contribution < -0.4 is 11.1 Å². The largest absolute Gasteiger partial charge is 0.383 e. The maximum Gasteiger partial charge on any atom is 0.230 e. The molecule has 7 nitrogen and oxygen atoms in total. The molecule has 3 N–H and O–H groups in total. The predicted molar refractivity (Wildman–Crippen MR) is 135 cm³/mol. The highest BCUT2D eigenvalue weighted by molar-refractivity contribution is 6.00. The topological polar surface area (TPSA) is 124 Å². The number of nitrogens with two attached hydrogens (primary N) is 1. The van der Waals surface area contributed by atoms with Gasteiger partial charge in [0, 0.05) is 23.2 Å². The molecule has 0 saturated carbocycles. The molecule has 0 atom stereocenters. The molecule has 7 heteroatoms. The average molecular weight is 446 g/mol. The summed E-state index contributed by atoms with van der Waals surface area (Å²) < 4.78 is 0. The normalized spacial score (nSPS) is 10.8. The lowest BCUT2D eigenvalue weighted by molar-refractivity contribution is 1.09. The van der Waals surface area contributed by atoms with E-state index in [0.717, 1.165) is 40.4 Å². The van der Waals surface area contributed by atoms with Gasteiger partial charge in [0.05, 0.1) is 17.1 Å². The summed E-state index contributed by atoms with van der Waals surface area (Å²) >= 11 is 0. The van der Waals surface area contributed by atoms with Gasteiger partial charge in [-0.1, -0.05) is 38.1 Å². The number of pyridine rings is 1. The van der Waals surface area contributed by atoms with Crippen molar-refractivity contribution < 1.29 is 0 Å². The minimum Gasteiger partial charge on any atom is -0.383 e. The smallest absolute Gasteiger partial charge is 0.230 e. The van der Waals surface area contributed by atoms with Crippen molar-refractivity contribution in [2.24, 2.45) is 0 Å². The van der Waals surface area contributed by atoms with Crippen LogP contribution in [0.25, 0.3) is 28.1 Å². The van der Waals surface area contributed by atoms with Crippen molar-refractivity contribution in [1.82, 2.24) is 15.0 Å². The van der Waals surface area contributed by atoms with E-state index < -0.39 is 0 Å². The summed E-state index contributed by atoms with van der Waals surface area (Å²) in [6.45, 7) is 4.24. The second kappa shape index (κ2) is 9.81. The van der Waals surface area contributed by atoms with Crippen molar-refractivity contribution in [1.29, 1.82) is 10.5 Å². The Bertz CT molecular complexity index is 1450. The maximum absolute atomic E-state index is 8.99.